The summed E-state index contributed by atoms with van der Waals surface area (Å²) < 4.78 is 1.07. The fourth-order valence-corrected chi connectivity index (χ4v) is 3.63. The number of carbonyl (C=O) groups excluding carboxylic acids is 2. The van der Waals surface area contributed by atoms with Crippen LogP contribution in [0.3, 0.4) is 0 Å². The third kappa shape index (κ3) is 4.06. The van der Waals surface area contributed by atoms with Gasteiger partial charge in [0.05, 0.1) is 4.88 Å². The van der Waals surface area contributed by atoms with Gasteiger partial charge in [-0.2, -0.15) is 0 Å². The van der Waals surface area contributed by atoms with Crippen molar-refractivity contribution in [3.05, 3.63) is 35.2 Å². The second-order valence-corrected chi connectivity index (χ2v) is 6.99. The van der Waals surface area contributed by atoms with Crippen molar-refractivity contribution < 1.29 is 9.59 Å². The molecule has 24 heavy (non-hydrogen) atoms. The summed E-state index contributed by atoms with van der Waals surface area (Å²) in [5, 5.41) is 18.4. The summed E-state index contributed by atoms with van der Waals surface area (Å²) in [4.78, 5) is 23.7. The molecule has 124 valence electrons. The summed E-state index contributed by atoms with van der Waals surface area (Å²) in [6.07, 6.45) is 0. The maximum atomic E-state index is 12.3. The number of nitrogens with one attached hydrogen (secondary N) is 3. The molecule has 1 aromatic carbocycles. The number of rotatable bonds is 6. The number of aromatic nitrogens is 2. The molecule has 7 nitrogen and oxygen atoms in total. The molecule has 0 saturated carbocycles. The minimum absolute atomic E-state index is 0.0784. The molecule has 0 unspecified atom stereocenters. The molecule has 2 heterocycles. The van der Waals surface area contributed by atoms with Gasteiger partial charge in [0.2, 0.25) is 16.2 Å². The number of amides is 2. The zero-order chi connectivity index (χ0) is 16.9. The normalized spacial score (nSPS) is 10.5. The van der Waals surface area contributed by atoms with Crippen molar-refractivity contribution in [3.8, 4) is 0 Å². The van der Waals surface area contributed by atoms with E-state index < -0.39 is 0 Å². The highest BCUT2D eigenvalue weighted by Gasteiger charge is 2.13. The van der Waals surface area contributed by atoms with Gasteiger partial charge >= 0.3 is 0 Å². The molecule has 0 aliphatic carbocycles. The van der Waals surface area contributed by atoms with Gasteiger partial charge in [-0.05, 0) is 17.5 Å². The number of hydrogen-bond donors (Lipinski definition) is 3. The number of carbonyl (C=O) groups is 2. The topological polar surface area (TPSA) is 96.0 Å². The third-order valence-corrected chi connectivity index (χ3v) is 4.98. The van der Waals surface area contributed by atoms with E-state index in [-0.39, 0.29) is 11.8 Å². The van der Waals surface area contributed by atoms with Gasteiger partial charge < -0.3 is 10.6 Å². The van der Waals surface area contributed by atoms with Crippen LogP contribution >= 0.6 is 22.7 Å². The molecule has 3 rings (SSSR count). The van der Waals surface area contributed by atoms with Crippen LogP contribution in [0.2, 0.25) is 0 Å². The van der Waals surface area contributed by atoms with Crippen LogP contribution in [-0.4, -0.2) is 35.1 Å². The highest BCUT2D eigenvalue weighted by molar-refractivity contribution is 7.21. The van der Waals surface area contributed by atoms with Gasteiger partial charge in [0.1, 0.15) is 0 Å². The second kappa shape index (κ2) is 7.37. The van der Waals surface area contributed by atoms with Crippen molar-refractivity contribution >= 4 is 54.8 Å². The molecule has 0 aliphatic rings. The number of anilines is 2. The number of hydrogen-bond acceptors (Lipinski definition) is 7. The zero-order valence-corrected chi connectivity index (χ0v) is 14.5. The number of fused-ring (bicyclic) bond motifs is 1. The molecule has 0 aliphatic heterocycles. The van der Waals surface area contributed by atoms with E-state index in [4.69, 9.17) is 0 Å². The summed E-state index contributed by atoms with van der Waals surface area (Å²) in [5.41, 5.74) is 0. The Hall–Kier alpha value is -2.52. The third-order valence-electron chi connectivity index (χ3n) is 3.07. The lowest BCUT2D eigenvalue weighted by atomic mass is 10.2. The lowest BCUT2D eigenvalue weighted by Gasteiger charge is -2.01. The first kappa shape index (κ1) is 16.3. The summed E-state index contributed by atoms with van der Waals surface area (Å²) in [6.45, 7) is 2.50. The van der Waals surface area contributed by atoms with Gasteiger partial charge in [0.25, 0.3) is 5.91 Å². The van der Waals surface area contributed by atoms with Crippen LogP contribution in [0.15, 0.2) is 30.3 Å². The Balaban J connectivity index is 1.57. The Morgan fingerprint density at radius 3 is 2.67 bits per heavy atom. The molecule has 0 radical (unpaired) electrons. The molecule has 0 spiro atoms. The number of benzene rings is 1. The average Bonchev–Trinajstić information content (AvgIpc) is 3.17. The standard InChI is InChI=1S/C15H15N5O2S2/c1-9(21)16-6-7-17-14-19-20-15(24-14)18-13(22)12-8-10-4-2-3-5-11(10)23-12/h2-5,8H,6-7H2,1H3,(H,16,21)(H,17,19)(H,18,20,22). The van der Waals surface area contributed by atoms with E-state index in [1.807, 2.05) is 30.3 Å². The van der Waals surface area contributed by atoms with Crippen molar-refractivity contribution in [2.75, 3.05) is 23.7 Å². The Morgan fingerprint density at radius 1 is 1.08 bits per heavy atom. The van der Waals surface area contributed by atoms with Gasteiger partial charge in [0.15, 0.2) is 0 Å². The number of nitrogens with zero attached hydrogens (tertiary/aromatic N) is 2. The first-order valence-electron chi connectivity index (χ1n) is 7.23. The van der Waals surface area contributed by atoms with Gasteiger partial charge in [-0.1, -0.05) is 29.5 Å². The maximum absolute atomic E-state index is 12.3. The van der Waals surface area contributed by atoms with E-state index in [0.717, 1.165) is 10.1 Å². The van der Waals surface area contributed by atoms with Gasteiger partial charge in [-0.3, -0.25) is 14.9 Å². The second-order valence-electron chi connectivity index (χ2n) is 4.92. The van der Waals surface area contributed by atoms with Crippen LogP contribution in [0.5, 0.6) is 0 Å². The van der Waals surface area contributed by atoms with Crippen LogP contribution in [0.25, 0.3) is 10.1 Å². The Bertz CT molecular complexity index is 841. The average molecular weight is 361 g/mol. The lowest BCUT2D eigenvalue weighted by molar-refractivity contribution is -0.118. The molecule has 0 bridgehead atoms. The minimum atomic E-state index is -0.197. The molecule has 0 fully saturated rings. The molecule has 2 aromatic heterocycles. The quantitative estimate of drug-likeness (QED) is 0.587. The SMILES string of the molecule is CC(=O)NCCNc1nnc(NC(=O)c2cc3ccccc3s2)s1. The van der Waals surface area contributed by atoms with Gasteiger partial charge in [0, 0.05) is 24.7 Å². The van der Waals surface area contributed by atoms with E-state index in [1.54, 1.807) is 0 Å². The van der Waals surface area contributed by atoms with Crippen LogP contribution in [0, 0.1) is 0 Å². The first-order valence-corrected chi connectivity index (χ1v) is 8.87. The fraction of sp³-hybridized carbons (Fsp3) is 0.200. The van der Waals surface area contributed by atoms with Crippen molar-refractivity contribution in [3.63, 3.8) is 0 Å². The molecular weight excluding hydrogens is 346 g/mol. The minimum Gasteiger partial charge on any atom is -0.358 e. The molecule has 3 aromatic rings. The number of thiophene rings is 1. The molecule has 2 amide bonds. The van der Waals surface area contributed by atoms with Crippen molar-refractivity contribution in [1.82, 2.24) is 15.5 Å². The largest absolute Gasteiger partial charge is 0.358 e. The van der Waals surface area contributed by atoms with Crippen molar-refractivity contribution in [2.24, 2.45) is 0 Å². The van der Waals surface area contributed by atoms with E-state index in [0.29, 0.717) is 28.2 Å². The predicted octanol–water partition coefficient (Wildman–Crippen LogP) is 2.55. The zero-order valence-electron chi connectivity index (χ0n) is 12.8. The Kier molecular flexibility index (Phi) is 5.02. The van der Waals surface area contributed by atoms with E-state index in [2.05, 4.69) is 26.1 Å². The van der Waals surface area contributed by atoms with E-state index in [9.17, 15) is 9.59 Å². The first-order chi connectivity index (χ1) is 11.6. The molecule has 9 heteroatoms. The summed E-state index contributed by atoms with van der Waals surface area (Å²) in [5.74, 6) is -0.275. The predicted molar refractivity (Wildman–Crippen MR) is 96.9 cm³/mol. The summed E-state index contributed by atoms with van der Waals surface area (Å²) in [6, 6.07) is 9.72. The van der Waals surface area contributed by atoms with Crippen LogP contribution in [-0.2, 0) is 4.79 Å². The van der Waals surface area contributed by atoms with Crippen molar-refractivity contribution in [2.45, 2.75) is 6.92 Å². The van der Waals surface area contributed by atoms with Crippen LogP contribution < -0.4 is 16.0 Å². The summed E-state index contributed by atoms with van der Waals surface area (Å²) in [7, 11) is 0. The molecule has 3 N–H and O–H groups in total. The van der Waals surface area contributed by atoms with Crippen LogP contribution in [0.1, 0.15) is 16.6 Å². The van der Waals surface area contributed by atoms with E-state index >= 15 is 0 Å². The van der Waals surface area contributed by atoms with Crippen LogP contribution in [0.4, 0.5) is 10.3 Å². The van der Waals surface area contributed by atoms with Gasteiger partial charge in [-0.15, -0.1) is 21.5 Å². The van der Waals surface area contributed by atoms with Gasteiger partial charge in [-0.25, -0.2) is 0 Å². The molecule has 0 saturated heterocycles. The maximum Gasteiger partial charge on any atom is 0.267 e. The monoisotopic (exact) mass is 361 g/mol. The highest BCUT2D eigenvalue weighted by atomic mass is 32.1. The highest BCUT2D eigenvalue weighted by Crippen LogP contribution is 2.27. The Labute approximate surface area is 146 Å². The lowest BCUT2D eigenvalue weighted by Crippen LogP contribution is -2.26. The van der Waals surface area contributed by atoms with Crippen molar-refractivity contribution in [1.29, 1.82) is 0 Å². The fourth-order valence-electron chi connectivity index (χ4n) is 2.01. The molecule has 0 atom stereocenters. The Morgan fingerprint density at radius 2 is 1.88 bits per heavy atom. The van der Waals surface area contributed by atoms with E-state index in [1.165, 1.54) is 29.6 Å². The molecular formula is C15H15N5O2S2. The smallest absolute Gasteiger partial charge is 0.267 e. The summed E-state index contributed by atoms with van der Waals surface area (Å²) >= 11 is 2.69.